The Bertz CT molecular complexity index is 650. The predicted molar refractivity (Wildman–Crippen MR) is 81.3 cm³/mol. The number of pyridine rings is 1. The first kappa shape index (κ1) is 14.9. The monoisotopic (exact) mass is 302 g/mol. The third-order valence-electron chi connectivity index (χ3n) is 2.66. The Morgan fingerprint density at radius 1 is 1.33 bits per heavy atom. The Balaban J connectivity index is 1.85. The number of carbonyl (C=O) groups excluding carboxylic acids is 1. The second kappa shape index (κ2) is 7.35. The number of carbonyl (C=O) groups is 2. The number of nitrogens with zero attached hydrogens (tertiary/aromatic N) is 1. The predicted octanol–water partition coefficient (Wildman–Crippen LogP) is 2.21. The number of carboxylic acid groups (broad SMARTS) is 1. The molecular formula is C15H14N2O3S. The van der Waals surface area contributed by atoms with Gasteiger partial charge in [-0.3, -0.25) is 9.78 Å². The summed E-state index contributed by atoms with van der Waals surface area (Å²) in [6.07, 6.45) is 6.72. The molecule has 2 rings (SSSR count). The third kappa shape index (κ3) is 4.85. The molecule has 0 unspecified atom stereocenters. The first-order chi connectivity index (χ1) is 10.1. The molecule has 0 spiro atoms. The number of carboxylic acids is 1. The largest absolute Gasteiger partial charge is 0.478 e. The Morgan fingerprint density at radius 2 is 2.19 bits per heavy atom. The Kier molecular flexibility index (Phi) is 5.22. The molecule has 108 valence electrons. The third-order valence-corrected chi connectivity index (χ3v) is 3.71. The number of thiophene rings is 1. The van der Waals surface area contributed by atoms with Crippen LogP contribution in [0.3, 0.4) is 0 Å². The zero-order chi connectivity index (χ0) is 15.1. The van der Waals surface area contributed by atoms with Crippen LogP contribution < -0.4 is 5.32 Å². The summed E-state index contributed by atoms with van der Waals surface area (Å²) in [4.78, 5) is 27.7. The molecule has 0 saturated heterocycles. The van der Waals surface area contributed by atoms with Gasteiger partial charge in [0.15, 0.2) is 0 Å². The fraction of sp³-hybridized carbons (Fsp3) is 0.133. The summed E-state index contributed by atoms with van der Waals surface area (Å²) in [6, 6.07) is 7.22. The van der Waals surface area contributed by atoms with Crippen LogP contribution in [0.25, 0.3) is 6.08 Å². The van der Waals surface area contributed by atoms with Gasteiger partial charge in [0.25, 0.3) is 5.91 Å². The summed E-state index contributed by atoms with van der Waals surface area (Å²) >= 11 is 1.25. The van der Waals surface area contributed by atoms with Gasteiger partial charge >= 0.3 is 5.97 Å². The minimum Gasteiger partial charge on any atom is -0.478 e. The smallest absolute Gasteiger partial charge is 0.328 e. The molecule has 0 aliphatic carbocycles. The van der Waals surface area contributed by atoms with Gasteiger partial charge in [-0.15, -0.1) is 11.3 Å². The second-order valence-corrected chi connectivity index (χ2v) is 5.36. The van der Waals surface area contributed by atoms with Crippen LogP contribution in [0, 0.1) is 0 Å². The van der Waals surface area contributed by atoms with Gasteiger partial charge in [0.1, 0.15) is 0 Å². The lowest BCUT2D eigenvalue weighted by molar-refractivity contribution is -0.131. The number of hydrogen-bond donors (Lipinski definition) is 2. The Labute approximate surface area is 126 Å². The Hall–Kier alpha value is -2.47. The molecule has 0 fully saturated rings. The lowest BCUT2D eigenvalue weighted by Crippen LogP contribution is -2.24. The molecule has 2 heterocycles. The van der Waals surface area contributed by atoms with Crippen LogP contribution >= 0.6 is 11.3 Å². The van der Waals surface area contributed by atoms with E-state index < -0.39 is 5.97 Å². The first-order valence-corrected chi connectivity index (χ1v) is 7.15. The molecular weight excluding hydrogens is 288 g/mol. The number of nitrogens with one attached hydrogen (secondary N) is 1. The minimum absolute atomic E-state index is 0.154. The van der Waals surface area contributed by atoms with Gasteiger partial charge in [0, 0.05) is 29.9 Å². The van der Waals surface area contributed by atoms with Crippen molar-refractivity contribution in [2.45, 2.75) is 6.42 Å². The normalized spacial score (nSPS) is 10.7. The molecule has 0 aromatic carbocycles. The van der Waals surface area contributed by atoms with Gasteiger partial charge in [0.2, 0.25) is 0 Å². The fourth-order valence-electron chi connectivity index (χ4n) is 1.67. The van der Waals surface area contributed by atoms with Crippen molar-refractivity contribution in [1.29, 1.82) is 0 Å². The summed E-state index contributed by atoms with van der Waals surface area (Å²) in [5.41, 5.74) is 1.06. The lowest BCUT2D eigenvalue weighted by Gasteiger charge is -2.03. The molecule has 6 heteroatoms. The van der Waals surface area contributed by atoms with E-state index in [1.54, 1.807) is 24.5 Å². The van der Waals surface area contributed by atoms with Crippen molar-refractivity contribution in [2.75, 3.05) is 6.54 Å². The molecule has 0 bridgehead atoms. The SMILES string of the molecule is O=C(O)C=Cc1ccc(C(=O)NCCc2cccnc2)s1. The molecule has 0 aliphatic heterocycles. The lowest BCUT2D eigenvalue weighted by atomic mass is 10.2. The maximum atomic E-state index is 11.9. The highest BCUT2D eigenvalue weighted by molar-refractivity contribution is 7.14. The van der Waals surface area contributed by atoms with E-state index in [1.165, 1.54) is 17.4 Å². The van der Waals surface area contributed by atoms with Crippen molar-refractivity contribution in [3.63, 3.8) is 0 Å². The van der Waals surface area contributed by atoms with Gasteiger partial charge in [-0.25, -0.2) is 4.79 Å². The van der Waals surface area contributed by atoms with E-state index in [0.29, 0.717) is 11.4 Å². The van der Waals surface area contributed by atoms with Crippen molar-refractivity contribution in [3.05, 3.63) is 58.1 Å². The standard InChI is InChI=1S/C15H14N2O3S/c18-14(19)6-4-12-3-5-13(21-12)15(20)17-9-7-11-2-1-8-16-10-11/h1-6,8,10H,7,9H2,(H,17,20)(H,18,19). The molecule has 5 nitrogen and oxygen atoms in total. The molecule has 0 atom stereocenters. The summed E-state index contributed by atoms with van der Waals surface area (Å²) in [5, 5.41) is 11.4. The molecule has 2 N–H and O–H groups in total. The van der Waals surface area contributed by atoms with E-state index in [2.05, 4.69) is 10.3 Å². The molecule has 21 heavy (non-hydrogen) atoms. The van der Waals surface area contributed by atoms with Crippen LogP contribution in [-0.2, 0) is 11.2 Å². The summed E-state index contributed by atoms with van der Waals surface area (Å²) in [5.74, 6) is -1.16. The fourth-order valence-corrected chi connectivity index (χ4v) is 2.50. The number of hydrogen-bond acceptors (Lipinski definition) is 4. The van der Waals surface area contributed by atoms with Crippen molar-refractivity contribution >= 4 is 29.3 Å². The van der Waals surface area contributed by atoms with E-state index >= 15 is 0 Å². The average molecular weight is 302 g/mol. The Morgan fingerprint density at radius 3 is 2.90 bits per heavy atom. The van der Waals surface area contributed by atoms with Crippen LogP contribution in [0.15, 0.2) is 42.7 Å². The molecule has 0 aliphatic rings. The van der Waals surface area contributed by atoms with Gasteiger partial charge in [-0.2, -0.15) is 0 Å². The molecule has 1 amide bonds. The van der Waals surface area contributed by atoms with Crippen LogP contribution in [-0.4, -0.2) is 28.5 Å². The number of rotatable bonds is 6. The van der Waals surface area contributed by atoms with Crippen molar-refractivity contribution < 1.29 is 14.7 Å². The quantitative estimate of drug-likeness (QED) is 0.802. The summed E-state index contributed by atoms with van der Waals surface area (Å²) < 4.78 is 0. The topological polar surface area (TPSA) is 79.3 Å². The van der Waals surface area contributed by atoms with E-state index in [1.807, 2.05) is 12.1 Å². The maximum absolute atomic E-state index is 11.9. The second-order valence-electron chi connectivity index (χ2n) is 4.24. The van der Waals surface area contributed by atoms with Crippen molar-refractivity contribution in [2.24, 2.45) is 0 Å². The number of amides is 1. The van der Waals surface area contributed by atoms with Gasteiger partial charge < -0.3 is 10.4 Å². The summed E-state index contributed by atoms with van der Waals surface area (Å²) in [7, 11) is 0. The summed E-state index contributed by atoms with van der Waals surface area (Å²) in [6.45, 7) is 0.530. The highest BCUT2D eigenvalue weighted by Crippen LogP contribution is 2.17. The first-order valence-electron chi connectivity index (χ1n) is 6.33. The van der Waals surface area contributed by atoms with Crippen molar-refractivity contribution in [3.8, 4) is 0 Å². The van der Waals surface area contributed by atoms with E-state index in [9.17, 15) is 9.59 Å². The average Bonchev–Trinajstić information content (AvgIpc) is 2.95. The molecule has 0 saturated carbocycles. The molecule has 0 radical (unpaired) electrons. The van der Waals surface area contributed by atoms with Gasteiger partial charge in [-0.05, 0) is 36.3 Å². The molecule has 2 aromatic heterocycles. The van der Waals surface area contributed by atoms with Crippen LogP contribution in [0.4, 0.5) is 0 Å². The molecule has 2 aromatic rings. The van der Waals surface area contributed by atoms with E-state index in [-0.39, 0.29) is 5.91 Å². The highest BCUT2D eigenvalue weighted by Gasteiger charge is 2.07. The maximum Gasteiger partial charge on any atom is 0.328 e. The highest BCUT2D eigenvalue weighted by atomic mass is 32.1. The van der Waals surface area contributed by atoms with Gasteiger partial charge in [0.05, 0.1) is 4.88 Å². The minimum atomic E-state index is -1.01. The van der Waals surface area contributed by atoms with E-state index in [0.717, 1.165) is 22.9 Å². The van der Waals surface area contributed by atoms with E-state index in [4.69, 9.17) is 5.11 Å². The van der Waals surface area contributed by atoms with Gasteiger partial charge in [-0.1, -0.05) is 6.07 Å². The zero-order valence-electron chi connectivity index (χ0n) is 11.2. The van der Waals surface area contributed by atoms with Crippen LogP contribution in [0.1, 0.15) is 20.1 Å². The van der Waals surface area contributed by atoms with Crippen molar-refractivity contribution in [1.82, 2.24) is 10.3 Å². The number of aromatic nitrogens is 1. The number of aliphatic carboxylic acids is 1. The van der Waals surface area contributed by atoms with Crippen LogP contribution in [0.2, 0.25) is 0 Å². The van der Waals surface area contributed by atoms with Crippen LogP contribution in [0.5, 0.6) is 0 Å². The zero-order valence-corrected chi connectivity index (χ0v) is 12.0.